The Morgan fingerprint density at radius 1 is 1.09 bits per heavy atom. The van der Waals surface area contributed by atoms with E-state index in [9.17, 15) is 18.0 Å². The summed E-state index contributed by atoms with van der Waals surface area (Å²) in [5, 5.41) is 3.81. The zero-order chi connectivity index (χ0) is 24.5. The second-order valence-electron chi connectivity index (χ2n) is 8.81. The van der Waals surface area contributed by atoms with E-state index in [2.05, 4.69) is 10.3 Å². The lowest BCUT2D eigenvalue weighted by molar-refractivity contribution is -0.140. The number of alkyl halides is 3. The Labute approximate surface area is 196 Å². The average Bonchev–Trinajstić information content (AvgIpc) is 2.82. The van der Waals surface area contributed by atoms with Gasteiger partial charge in [0.15, 0.2) is 0 Å². The molecule has 1 aliphatic carbocycles. The molecule has 1 N–H and O–H groups in total. The summed E-state index contributed by atoms with van der Waals surface area (Å²) >= 11 is 0. The number of hydrogen-bond acceptors (Lipinski definition) is 4. The molecule has 0 unspecified atom stereocenters. The number of para-hydroxylation sites is 1. The van der Waals surface area contributed by atoms with Crippen molar-refractivity contribution in [3.63, 3.8) is 0 Å². The number of carbonyl (C=O) groups is 1. The van der Waals surface area contributed by atoms with E-state index in [0.29, 0.717) is 27.9 Å². The summed E-state index contributed by atoms with van der Waals surface area (Å²) in [5.41, 5.74) is 1.43. The highest BCUT2D eigenvalue weighted by Crippen LogP contribution is 2.36. The Kier molecular flexibility index (Phi) is 6.68. The van der Waals surface area contributed by atoms with Gasteiger partial charge in [-0.3, -0.25) is 4.79 Å². The van der Waals surface area contributed by atoms with E-state index in [4.69, 9.17) is 4.74 Å². The molecule has 1 fully saturated rings. The summed E-state index contributed by atoms with van der Waals surface area (Å²) in [6.45, 7) is 1.87. The smallest absolute Gasteiger partial charge is 0.433 e. The Balaban J connectivity index is 1.45. The maximum Gasteiger partial charge on any atom is 0.433 e. The number of amides is 1. The molecule has 3 aromatic rings. The molecule has 8 heteroatoms. The molecule has 0 saturated heterocycles. The number of methoxy groups -OCH3 is 1. The SMILES string of the molecule is COc1ccc(C(=O)NC2CCC(N(C)c3cc(C(F)(F)F)nc4ccccc34)CC2)c(C)c1. The highest BCUT2D eigenvalue weighted by atomic mass is 19.4. The van der Waals surface area contributed by atoms with Crippen LogP contribution in [0.15, 0.2) is 48.5 Å². The summed E-state index contributed by atoms with van der Waals surface area (Å²) in [7, 11) is 3.43. The minimum absolute atomic E-state index is 0.0265. The summed E-state index contributed by atoms with van der Waals surface area (Å²) in [6, 6.07) is 13.5. The van der Waals surface area contributed by atoms with E-state index in [0.717, 1.165) is 37.3 Å². The highest BCUT2D eigenvalue weighted by molar-refractivity contribution is 5.96. The molecule has 1 amide bonds. The van der Waals surface area contributed by atoms with Crippen molar-refractivity contribution in [2.75, 3.05) is 19.1 Å². The minimum atomic E-state index is -4.51. The number of aryl methyl sites for hydroxylation is 1. The van der Waals surface area contributed by atoms with E-state index in [1.807, 2.05) is 31.0 Å². The number of aromatic nitrogens is 1. The zero-order valence-corrected chi connectivity index (χ0v) is 19.4. The first kappa shape index (κ1) is 23.9. The average molecular weight is 472 g/mol. The Bertz CT molecular complexity index is 1190. The number of anilines is 1. The van der Waals surface area contributed by atoms with Crippen molar-refractivity contribution in [3.05, 3.63) is 65.4 Å². The van der Waals surface area contributed by atoms with Crippen molar-refractivity contribution in [2.45, 2.75) is 50.9 Å². The molecule has 0 bridgehead atoms. The number of carbonyl (C=O) groups excluding carboxylic acids is 1. The van der Waals surface area contributed by atoms with Crippen LogP contribution in [0.25, 0.3) is 10.9 Å². The van der Waals surface area contributed by atoms with Crippen LogP contribution in [0.5, 0.6) is 5.75 Å². The summed E-state index contributed by atoms with van der Waals surface area (Å²) in [5.74, 6) is 0.585. The van der Waals surface area contributed by atoms with Gasteiger partial charge in [0.2, 0.25) is 0 Å². The van der Waals surface area contributed by atoms with Crippen LogP contribution in [-0.2, 0) is 6.18 Å². The van der Waals surface area contributed by atoms with Gasteiger partial charge in [0.25, 0.3) is 5.91 Å². The van der Waals surface area contributed by atoms with Gasteiger partial charge < -0.3 is 15.0 Å². The standard InChI is InChI=1S/C26H28F3N3O2/c1-16-14-19(34-3)12-13-20(16)25(33)30-17-8-10-18(11-9-17)32(2)23-15-24(26(27,28)29)31-22-7-5-4-6-21(22)23/h4-7,12-15,17-18H,8-11H2,1-3H3,(H,30,33). The number of nitrogens with one attached hydrogen (secondary N) is 1. The normalized spacial score (nSPS) is 18.5. The molecule has 2 aromatic carbocycles. The Hall–Kier alpha value is -3.29. The number of halogens is 3. The molecule has 1 aromatic heterocycles. The van der Waals surface area contributed by atoms with Crippen LogP contribution < -0.4 is 15.0 Å². The van der Waals surface area contributed by atoms with Crippen molar-refractivity contribution in [1.82, 2.24) is 10.3 Å². The van der Waals surface area contributed by atoms with Gasteiger partial charge >= 0.3 is 6.18 Å². The molecule has 34 heavy (non-hydrogen) atoms. The maximum absolute atomic E-state index is 13.5. The van der Waals surface area contributed by atoms with Crippen LogP contribution in [0.4, 0.5) is 18.9 Å². The van der Waals surface area contributed by atoms with Crippen molar-refractivity contribution in [2.24, 2.45) is 0 Å². The van der Waals surface area contributed by atoms with Gasteiger partial charge in [-0.05, 0) is 68.5 Å². The molecule has 0 spiro atoms. The molecule has 180 valence electrons. The quantitative estimate of drug-likeness (QED) is 0.515. The second kappa shape index (κ2) is 9.52. The molecule has 1 heterocycles. The lowest BCUT2D eigenvalue weighted by atomic mass is 9.89. The Morgan fingerprint density at radius 2 is 1.79 bits per heavy atom. The lowest BCUT2D eigenvalue weighted by Gasteiger charge is -2.37. The van der Waals surface area contributed by atoms with Crippen molar-refractivity contribution in [1.29, 1.82) is 0 Å². The van der Waals surface area contributed by atoms with Gasteiger partial charge in [-0.25, -0.2) is 4.98 Å². The Morgan fingerprint density at radius 3 is 2.44 bits per heavy atom. The van der Waals surface area contributed by atoms with Crippen LogP contribution in [0, 0.1) is 6.92 Å². The molecule has 0 aliphatic heterocycles. The fourth-order valence-corrected chi connectivity index (χ4v) is 4.68. The van der Waals surface area contributed by atoms with E-state index in [-0.39, 0.29) is 18.0 Å². The summed E-state index contributed by atoms with van der Waals surface area (Å²) in [6.07, 6.45) is -1.47. The lowest BCUT2D eigenvalue weighted by Crippen LogP contribution is -2.43. The highest BCUT2D eigenvalue weighted by Gasteiger charge is 2.34. The molecular weight excluding hydrogens is 443 g/mol. The van der Waals surface area contributed by atoms with Crippen LogP contribution in [-0.4, -0.2) is 37.1 Å². The van der Waals surface area contributed by atoms with Gasteiger partial charge in [-0.15, -0.1) is 0 Å². The number of ether oxygens (including phenoxy) is 1. The van der Waals surface area contributed by atoms with Crippen molar-refractivity contribution < 1.29 is 22.7 Å². The molecule has 0 radical (unpaired) electrons. The van der Waals surface area contributed by atoms with E-state index in [1.54, 1.807) is 37.4 Å². The first-order valence-electron chi connectivity index (χ1n) is 11.3. The first-order chi connectivity index (χ1) is 16.2. The van der Waals surface area contributed by atoms with E-state index < -0.39 is 11.9 Å². The van der Waals surface area contributed by atoms with E-state index in [1.165, 1.54) is 0 Å². The molecule has 5 nitrogen and oxygen atoms in total. The summed E-state index contributed by atoms with van der Waals surface area (Å²) < 4.78 is 45.6. The molecule has 1 aliphatic rings. The van der Waals surface area contributed by atoms with Crippen molar-refractivity contribution >= 4 is 22.5 Å². The predicted octanol–water partition coefficient (Wildman–Crippen LogP) is 5.75. The molecule has 1 saturated carbocycles. The third kappa shape index (κ3) is 4.95. The van der Waals surface area contributed by atoms with Crippen LogP contribution in [0.2, 0.25) is 0 Å². The topological polar surface area (TPSA) is 54.5 Å². The van der Waals surface area contributed by atoms with Gasteiger partial charge in [0.05, 0.1) is 12.6 Å². The molecular formula is C26H28F3N3O2. The third-order valence-corrected chi connectivity index (χ3v) is 6.62. The minimum Gasteiger partial charge on any atom is -0.497 e. The maximum atomic E-state index is 13.5. The number of benzene rings is 2. The van der Waals surface area contributed by atoms with E-state index >= 15 is 0 Å². The molecule has 4 rings (SSSR count). The van der Waals surface area contributed by atoms with Gasteiger partial charge in [0, 0.05) is 35.8 Å². The fraction of sp³-hybridized carbons (Fsp3) is 0.385. The molecule has 0 atom stereocenters. The van der Waals surface area contributed by atoms with Crippen LogP contribution in [0.1, 0.15) is 47.3 Å². The van der Waals surface area contributed by atoms with Crippen LogP contribution >= 0.6 is 0 Å². The second-order valence-corrected chi connectivity index (χ2v) is 8.81. The number of nitrogens with zero attached hydrogens (tertiary/aromatic N) is 2. The zero-order valence-electron chi connectivity index (χ0n) is 19.4. The van der Waals surface area contributed by atoms with Crippen LogP contribution in [0.3, 0.4) is 0 Å². The van der Waals surface area contributed by atoms with Gasteiger partial charge in [0.1, 0.15) is 11.4 Å². The number of pyridine rings is 1. The number of rotatable bonds is 5. The fourth-order valence-electron chi connectivity index (χ4n) is 4.68. The van der Waals surface area contributed by atoms with Gasteiger partial charge in [-0.2, -0.15) is 13.2 Å². The number of fused-ring (bicyclic) bond motifs is 1. The predicted molar refractivity (Wildman–Crippen MR) is 126 cm³/mol. The summed E-state index contributed by atoms with van der Waals surface area (Å²) in [4.78, 5) is 18.5. The van der Waals surface area contributed by atoms with Crippen molar-refractivity contribution in [3.8, 4) is 5.75 Å². The largest absolute Gasteiger partial charge is 0.497 e. The van der Waals surface area contributed by atoms with Gasteiger partial charge in [-0.1, -0.05) is 18.2 Å². The first-order valence-corrected chi connectivity index (χ1v) is 11.3. The number of hydrogen-bond donors (Lipinski definition) is 1. The third-order valence-electron chi connectivity index (χ3n) is 6.62. The monoisotopic (exact) mass is 471 g/mol.